The molecule has 35 heavy (non-hydrogen) atoms. The third-order valence-electron chi connectivity index (χ3n) is 6.52. The molecular weight excluding hydrogens is 474 g/mol. The molecule has 1 aliphatic carbocycles. The summed E-state index contributed by atoms with van der Waals surface area (Å²) in [4.78, 5) is 17.8. The number of aryl methyl sites for hydroxylation is 1. The number of halogens is 6. The highest BCUT2D eigenvalue weighted by molar-refractivity contribution is 6.00. The molecule has 2 aliphatic rings. The first-order chi connectivity index (χ1) is 16.4. The molecule has 5 nitrogen and oxygen atoms in total. The van der Waals surface area contributed by atoms with Crippen LogP contribution in [0.3, 0.4) is 0 Å². The predicted octanol–water partition coefficient (Wildman–Crippen LogP) is 5.65. The average molecular weight is 500 g/mol. The van der Waals surface area contributed by atoms with Crippen LogP contribution in [-0.2, 0) is 18.8 Å². The van der Waals surface area contributed by atoms with Crippen molar-refractivity contribution in [2.24, 2.45) is 0 Å². The van der Waals surface area contributed by atoms with Gasteiger partial charge in [0.25, 0.3) is 5.91 Å². The Morgan fingerprint density at radius 3 is 2.17 bits per heavy atom. The average Bonchev–Trinajstić information content (AvgIpc) is 2.79. The topological polar surface area (TPSA) is 57.3 Å². The minimum atomic E-state index is -5.00. The highest BCUT2D eigenvalue weighted by atomic mass is 19.4. The van der Waals surface area contributed by atoms with Gasteiger partial charge < -0.3 is 15.5 Å². The molecule has 1 aromatic heterocycles. The van der Waals surface area contributed by atoms with Crippen LogP contribution in [0, 0.1) is 0 Å². The highest BCUT2D eigenvalue weighted by Gasteiger charge is 2.39. The maximum atomic E-state index is 13.1. The minimum Gasteiger partial charge on any atom is -0.382 e. The number of aromatic nitrogens is 1. The number of para-hydroxylation sites is 1. The monoisotopic (exact) mass is 500 g/mol. The number of hydrogen-bond donors (Lipinski definition) is 2. The van der Waals surface area contributed by atoms with Crippen molar-refractivity contribution in [2.75, 3.05) is 23.8 Å². The van der Waals surface area contributed by atoms with E-state index in [-0.39, 0.29) is 23.7 Å². The van der Waals surface area contributed by atoms with E-state index in [1.54, 1.807) is 6.07 Å². The number of carbonyl (C=O) groups is 1. The van der Waals surface area contributed by atoms with Crippen LogP contribution in [0.4, 0.5) is 37.7 Å². The number of fused-ring (bicyclic) bond motifs is 1. The smallest absolute Gasteiger partial charge is 0.382 e. The second-order valence-electron chi connectivity index (χ2n) is 9.13. The molecule has 0 bridgehead atoms. The fraction of sp³-hybridized carbons (Fsp3) is 0.500. The van der Waals surface area contributed by atoms with E-state index in [2.05, 4.69) is 20.5 Å². The summed E-state index contributed by atoms with van der Waals surface area (Å²) in [6.45, 7) is 0.870. The van der Waals surface area contributed by atoms with Crippen molar-refractivity contribution < 1.29 is 31.1 Å². The lowest BCUT2D eigenvalue weighted by molar-refractivity contribution is -0.150. The Balaban J connectivity index is 1.39. The van der Waals surface area contributed by atoms with Gasteiger partial charge in [-0.1, -0.05) is 12.1 Å². The molecule has 0 saturated heterocycles. The Bertz CT molecular complexity index is 1040. The summed E-state index contributed by atoms with van der Waals surface area (Å²) in [6.07, 6.45) is -5.97. The van der Waals surface area contributed by atoms with E-state index in [9.17, 15) is 31.1 Å². The number of pyridine rings is 1. The molecule has 1 amide bonds. The normalized spacial score (nSPS) is 20.8. The van der Waals surface area contributed by atoms with E-state index in [4.69, 9.17) is 0 Å². The predicted molar refractivity (Wildman–Crippen MR) is 119 cm³/mol. The number of nitrogens with one attached hydrogen (secondary N) is 2. The van der Waals surface area contributed by atoms with Crippen molar-refractivity contribution in [2.45, 2.75) is 63.0 Å². The van der Waals surface area contributed by atoms with Gasteiger partial charge in [-0.15, -0.1) is 0 Å². The largest absolute Gasteiger partial charge is 0.433 e. The molecule has 190 valence electrons. The molecule has 4 rings (SSSR count). The van der Waals surface area contributed by atoms with Gasteiger partial charge in [-0.3, -0.25) is 4.79 Å². The number of anilines is 2. The molecular formula is C24H26F6N4O. The molecule has 0 unspecified atom stereocenters. The zero-order valence-corrected chi connectivity index (χ0v) is 19.1. The van der Waals surface area contributed by atoms with Crippen LogP contribution in [0.15, 0.2) is 30.3 Å². The number of rotatable bonds is 4. The van der Waals surface area contributed by atoms with Gasteiger partial charge in [0.15, 0.2) is 0 Å². The van der Waals surface area contributed by atoms with Crippen molar-refractivity contribution in [3.8, 4) is 0 Å². The standard InChI is InChI=1S/C24H26F6N4O/c1-34-11-3-5-14-4-2-6-18(21(14)34)22(35)32-16-9-7-15(8-10-16)31-17-12-19(23(25,26)27)33-20(13-17)24(28,29)30/h2,4,6,12-13,15-16H,3,5,7-11H2,1H3,(H,31,33)(H,32,35)/t15-,16+. The maximum absolute atomic E-state index is 13.1. The summed E-state index contributed by atoms with van der Waals surface area (Å²) in [5.41, 5.74) is -0.774. The lowest BCUT2D eigenvalue weighted by atomic mass is 9.90. The minimum absolute atomic E-state index is 0.126. The quantitative estimate of drug-likeness (QED) is 0.533. The van der Waals surface area contributed by atoms with Gasteiger partial charge in [-0.25, -0.2) is 4.98 Å². The molecule has 2 heterocycles. The number of nitrogens with zero attached hydrogens (tertiary/aromatic N) is 2. The van der Waals surface area contributed by atoms with Crippen LogP contribution in [0.5, 0.6) is 0 Å². The Hall–Kier alpha value is -2.98. The summed E-state index contributed by atoms with van der Waals surface area (Å²) in [5, 5.41) is 5.85. The molecule has 2 N–H and O–H groups in total. The van der Waals surface area contributed by atoms with E-state index in [0.29, 0.717) is 43.4 Å². The fourth-order valence-corrected chi connectivity index (χ4v) is 4.83. The molecule has 1 aliphatic heterocycles. The Morgan fingerprint density at radius 1 is 0.971 bits per heavy atom. The molecule has 11 heteroatoms. The zero-order valence-electron chi connectivity index (χ0n) is 19.1. The summed E-state index contributed by atoms with van der Waals surface area (Å²) in [7, 11) is 1.96. The first kappa shape index (κ1) is 25.1. The molecule has 1 fully saturated rings. The van der Waals surface area contributed by atoms with E-state index in [0.717, 1.165) is 30.6 Å². The summed E-state index contributed by atoms with van der Waals surface area (Å²) >= 11 is 0. The lowest BCUT2D eigenvalue weighted by Gasteiger charge is -2.32. The van der Waals surface area contributed by atoms with Gasteiger partial charge in [-0.05, 0) is 62.3 Å². The Morgan fingerprint density at radius 2 is 1.57 bits per heavy atom. The molecule has 1 aromatic carbocycles. The third-order valence-corrected chi connectivity index (χ3v) is 6.52. The van der Waals surface area contributed by atoms with Crippen LogP contribution in [0.2, 0.25) is 0 Å². The highest BCUT2D eigenvalue weighted by Crippen LogP contribution is 2.36. The van der Waals surface area contributed by atoms with Crippen LogP contribution in [-0.4, -0.2) is 36.6 Å². The number of alkyl halides is 6. The zero-order chi connectivity index (χ0) is 25.4. The van der Waals surface area contributed by atoms with Gasteiger partial charge in [0.2, 0.25) is 0 Å². The first-order valence-electron chi connectivity index (χ1n) is 11.5. The van der Waals surface area contributed by atoms with Crippen molar-refractivity contribution in [3.63, 3.8) is 0 Å². The third kappa shape index (κ3) is 5.82. The van der Waals surface area contributed by atoms with Crippen molar-refractivity contribution in [1.82, 2.24) is 10.3 Å². The molecule has 0 spiro atoms. The molecule has 0 radical (unpaired) electrons. The second kappa shape index (κ2) is 9.58. The number of hydrogen-bond acceptors (Lipinski definition) is 4. The number of amides is 1. The van der Waals surface area contributed by atoms with Crippen molar-refractivity contribution >= 4 is 17.3 Å². The lowest BCUT2D eigenvalue weighted by Crippen LogP contribution is -2.41. The van der Waals surface area contributed by atoms with Gasteiger partial charge in [0.05, 0.1) is 11.3 Å². The molecule has 1 saturated carbocycles. The van der Waals surface area contributed by atoms with Gasteiger partial charge in [-0.2, -0.15) is 26.3 Å². The SMILES string of the molecule is CN1CCCc2cccc(C(=O)N[C@H]3CC[C@@H](Nc4cc(C(F)(F)F)nc(C(F)(F)F)c4)CC3)c21. The van der Waals surface area contributed by atoms with E-state index >= 15 is 0 Å². The van der Waals surface area contributed by atoms with E-state index < -0.39 is 23.7 Å². The van der Waals surface area contributed by atoms with Crippen LogP contribution >= 0.6 is 0 Å². The van der Waals surface area contributed by atoms with Crippen LogP contribution in [0.25, 0.3) is 0 Å². The number of carbonyl (C=O) groups excluding carboxylic acids is 1. The summed E-state index contributed by atoms with van der Waals surface area (Å²) in [6, 6.07) is 6.43. The molecule has 0 atom stereocenters. The van der Waals surface area contributed by atoms with E-state index in [1.165, 1.54) is 0 Å². The Labute approximate surface area is 198 Å². The van der Waals surface area contributed by atoms with Gasteiger partial charge in [0.1, 0.15) is 11.4 Å². The fourth-order valence-electron chi connectivity index (χ4n) is 4.83. The summed E-state index contributed by atoms with van der Waals surface area (Å²) < 4.78 is 78.3. The first-order valence-corrected chi connectivity index (χ1v) is 11.5. The van der Waals surface area contributed by atoms with Crippen molar-refractivity contribution in [3.05, 3.63) is 52.8 Å². The van der Waals surface area contributed by atoms with Crippen LogP contribution in [0.1, 0.15) is 59.4 Å². The molecule has 2 aromatic rings. The maximum Gasteiger partial charge on any atom is 0.433 e. The van der Waals surface area contributed by atoms with Gasteiger partial charge >= 0.3 is 12.4 Å². The second-order valence-corrected chi connectivity index (χ2v) is 9.13. The van der Waals surface area contributed by atoms with Crippen LogP contribution < -0.4 is 15.5 Å². The van der Waals surface area contributed by atoms with E-state index in [1.807, 2.05) is 19.2 Å². The van der Waals surface area contributed by atoms with Crippen molar-refractivity contribution in [1.29, 1.82) is 0 Å². The Kier molecular flexibility index (Phi) is 6.88. The summed E-state index contributed by atoms with van der Waals surface area (Å²) in [5.74, 6) is -0.175. The van der Waals surface area contributed by atoms with Gasteiger partial charge in [0, 0.05) is 31.4 Å². The number of benzene rings is 1.